The molecule has 4 nitrogen and oxygen atoms in total. The van der Waals surface area contributed by atoms with Crippen LogP contribution in [-0.4, -0.2) is 38.7 Å². The minimum Gasteiger partial charge on any atom is -0.377 e. The van der Waals surface area contributed by atoms with E-state index in [1.807, 2.05) is 0 Å². The van der Waals surface area contributed by atoms with E-state index in [1.165, 1.54) is 0 Å². The van der Waals surface area contributed by atoms with Crippen LogP contribution in [0.3, 0.4) is 0 Å². The van der Waals surface area contributed by atoms with E-state index < -0.39 is 9.84 Å². The number of nitrogens with two attached hydrogens (primary N) is 1. The fraction of sp³-hybridized carbons (Fsp3) is 1.00. The molecule has 78 valence electrons. The molecule has 2 N–H and O–H groups in total. The second-order valence-corrected chi connectivity index (χ2v) is 5.84. The molecule has 1 aliphatic rings. The van der Waals surface area contributed by atoms with Gasteiger partial charge in [0.25, 0.3) is 0 Å². The highest BCUT2D eigenvalue weighted by molar-refractivity contribution is 7.91. The normalized spacial score (nSPS) is 26.2. The highest BCUT2D eigenvalue weighted by Gasteiger charge is 2.23. The Balaban J connectivity index is 2.41. The van der Waals surface area contributed by atoms with Gasteiger partial charge in [-0.3, -0.25) is 0 Å². The first kappa shape index (κ1) is 10.9. The molecule has 1 fully saturated rings. The van der Waals surface area contributed by atoms with Crippen LogP contribution in [0.25, 0.3) is 0 Å². The lowest BCUT2D eigenvalue weighted by atomic mass is 10.3. The van der Waals surface area contributed by atoms with Crippen molar-refractivity contribution in [2.45, 2.75) is 31.9 Å². The summed E-state index contributed by atoms with van der Waals surface area (Å²) in [5, 5.41) is 0. The molecule has 0 aromatic carbocycles. The largest absolute Gasteiger partial charge is 0.377 e. The van der Waals surface area contributed by atoms with Crippen LogP contribution in [0.5, 0.6) is 0 Å². The Hall–Kier alpha value is -0.130. The van der Waals surface area contributed by atoms with Crippen LogP contribution in [0, 0.1) is 0 Å². The smallest absolute Gasteiger partial charge is 0.154 e. The highest BCUT2D eigenvalue weighted by Crippen LogP contribution is 2.14. The summed E-state index contributed by atoms with van der Waals surface area (Å²) in [5.41, 5.74) is 5.43. The van der Waals surface area contributed by atoms with E-state index in [1.54, 1.807) is 6.92 Å². The highest BCUT2D eigenvalue weighted by atomic mass is 32.2. The van der Waals surface area contributed by atoms with Gasteiger partial charge >= 0.3 is 0 Å². The van der Waals surface area contributed by atoms with Gasteiger partial charge in [0.15, 0.2) is 9.84 Å². The molecular weight excluding hydrogens is 190 g/mol. The maximum atomic E-state index is 11.4. The van der Waals surface area contributed by atoms with Crippen molar-refractivity contribution < 1.29 is 13.2 Å². The van der Waals surface area contributed by atoms with Gasteiger partial charge < -0.3 is 10.5 Å². The molecule has 13 heavy (non-hydrogen) atoms. The minimum atomic E-state index is -3.01. The fourth-order valence-electron chi connectivity index (χ4n) is 1.53. The van der Waals surface area contributed by atoms with Crippen molar-refractivity contribution in [3.05, 3.63) is 0 Å². The van der Waals surface area contributed by atoms with Crippen LogP contribution in [0.15, 0.2) is 0 Å². The van der Waals surface area contributed by atoms with E-state index in [4.69, 9.17) is 10.5 Å². The zero-order valence-corrected chi connectivity index (χ0v) is 8.72. The van der Waals surface area contributed by atoms with Crippen LogP contribution in [0.4, 0.5) is 0 Å². The quantitative estimate of drug-likeness (QED) is 0.700. The van der Waals surface area contributed by atoms with E-state index >= 15 is 0 Å². The zero-order chi connectivity index (χ0) is 9.90. The topological polar surface area (TPSA) is 69.4 Å². The third kappa shape index (κ3) is 4.06. The maximum Gasteiger partial charge on any atom is 0.154 e. The van der Waals surface area contributed by atoms with Gasteiger partial charge in [0.05, 0.1) is 17.6 Å². The summed E-state index contributed by atoms with van der Waals surface area (Å²) in [4.78, 5) is 0. The standard InChI is InChI=1S/C8H17NO3S/c1-7(9)5-13(10,11)6-8-3-2-4-12-8/h7-8H,2-6,9H2,1H3. The summed E-state index contributed by atoms with van der Waals surface area (Å²) in [7, 11) is -3.01. The summed E-state index contributed by atoms with van der Waals surface area (Å²) in [6.07, 6.45) is 1.74. The van der Waals surface area contributed by atoms with Crippen molar-refractivity contribution in [3.63, 3.8) is 0 Å². The second kappa shape index (κ2) is 4.39. The van der Waals surface area contributed by atoms with Gasteiger partial charge in [-0.1, -0.05) is 0 Å². The summed E-state index contributed by atoms with van der Waals surface area (Å²) < 4.78 is 28.1. The van der Waals surface area contributed by atoms with E-state index in [2.05, 4.69) is 0 Å². The molecule has 5 heteroatoms. The second-order valence-electron chi connectivity index (χ2n) is 3.69. The summed E-state index contributed by atoms with van der Waals surface area (Å²) in [5.74, 6) is 0.196. The van der Waals surface area contributed by atoms with Gasteiger partial charge in [-0.2, -0.15) is 0 Å². The lowest BCUT2D eigenvalue weighted by Gasteiger charge is -2.11. The molecule has 0 saturated carbocycles. The van der Waals surface area contributed by atoms with Crippen LogP contribution in [0.2, 0.25) is 0 Å². The average Bonchev–Trinajstić information content (AvgIpc) is 2.34. The van der Waals surface area contributed by atoms with E-state index in [0.717, 1.165) is 12.8 Å². The van der Waals surface area contributed by atoms with E-state index in [-0.39, 0.29) is 23.7 Å². The molecule has 0 aromatic rings. The number of hydrogen-bond donors (Lipinski definition) is 1. The zero-order valence-electron chi connectivity index (χ0n) is 7.90. The van der Waals surface area contributed by atoms with Gasteiger partial charge in [-0.25, -0.2) is 8.42 Å². The molecule has 2 unspecified atom stereocenters. The van der Waals surface area contributed by atoms with Crippen molar-refractivity contribution in [2.24, 2.45) is 5.73 Å². The third-order valence-electron chi connectivity index (χ3n) is 1.98. The predicted molar refractivity (Wildman–Crippen MR) is 51.3 cm³/mol. The number of ether oxygens (including phenoxy) is 1. The van der Waals surface area contributed by atoms with Crippen LogP contribution in [-0.2, 0) is 14.6 Å². The molecule has 1 heterocycles. The molecule has 0 bridgehead atoms. The number of hydrogen-bond acceptors (Lipinski definition) is 4. The summed E-state index contributed by atoms with van der Waals surface area (Å²) in [6, 6.07) is -0.286. The van der Waals surface area contributed by atoms with Crippen molar-refractivity contribution in [2.75, 3.05) is 18.1 Å². The van der Waals surface area contributed by atoms with Crippen molar-refractivity contribution >= 4 is 9.84 Å². The Morgan fingerprint density at radius 3 is 2.77 bits per heavy atom. The Kier molecular flexibility index (Phi) is 3.70. The van der Waals surface area contributed by atoms with Gasteiger partial charge in [-0.05, 0) is 19.8 Å². The Morgan fingerprint density at radius 2 is 2.31 bits per heavy atom. The average molecular weight is 207 g/mol. The van der Waals surface area contributed by atoms with Gasteiger partial charge in [0.2, 0.25) is 0 Å². The first-order chi connectivity index (χ1) is 5.99. The molecular formula is C8H17NO3S. The Labute approximate surface area is 79.4 Å². The van der Waals surface area contributed by atoms with Gasteiger partial charge in [0.1, 0.15) is 0 Å². The van der Waals surface area contributed by atoms with Crippen LogP contribution < -0.4 is 5.73 Å². The summed E-state index contributed by atoms with van der Waals surface area (Å²) >= 11 is 0. The molecule has 0 amide bonds. The maximum absolute atomic E-state index is 11.4. The van der Waals surface area contributed by atoms with Gasteiger partial charge in [0, 0.05) is 12.6 Å². The van der Waals surface area contributed by atoms with Crippen LogP contribution >= 0.6 is 0 Å². The van der Waals surface area contributed by atoms with Crippen molar-refractivity contribution in [3.8, 4) is 0 Å². The predicted octanol–water partition coefficient (Wildman–Crippen LogP) is -0.0726. The molecule has 0 aromatic heterocycles. The number of sulfone groups is 1. The molecule has 0 radical (unpaired) electrons. The lowest BCUT2D eigenvalue weighted by Crippen LogP contribution is -2.31. The molecule has 0 spiro atoms. The number of rotatable bonds is 4. The molecule has 1 saturated heterocycles. The van der Waals surface area contributed by atoms with Gasteiger partial charge in [-0.15, -0.1) is 0 Å². The lowest BCUT2D eigenvalue weighted by molar-refractivity contribution is 0.127. The summed E-state index contributed by atoms with van der Waals surface area (Å²) in [6.45, 7) is 2.39. The van der Waals surface area contributed by atoms with E-state index in [0.29, 0.717) is 6.61 Å². The monoisotopic (exact) mass is 207 g/mol. The van der Waals surface area contributed by atoms with Crippen molar-refractivity contribution in [1.82, 2.24) is 0 Å². The molecule has 2 atom stereocenters. The first-order valence-corrected chi connectivity index (χ1v) is 6.39. The Bertz CT molecular complexity index is 242. The van der Waals surface area contributed by atoms with Crippen molar-refractivity contribution in [1.29, 1.82) is 0 Å². The Morgan fingerprint density at radius 1 is 1.62 bits per heavy atom. The van der Waals surface area contributed by atoms with E-state index in [9.17, 15) is 8.42 Å². The molecule has 0 aliphatic carbocycles. The fourth-order valence-corrected chi connectivity index (χ4v) is 3.29. The minimum absolute atomic E-state index is 0.0624. The SMILES string of the molecule is CC(N)CS(=O)(=O)CC1CCCO1. The first-order valence-electron chi connectivity index (χ1n) is 4.57. The molecule has 1 aliphatic heterocycles. The third-order valence-corrected chi connectivity index (χ3v) is 3.89. The molecule has 1 rings (SSSR count). The van der Waals surface area contributed by atoms with Crippen LogP contribution in [0.1, 0.15) is 19.8 Å².